The number of hydrogen-bond acceptors (Lipinski definition) is 6. The van der Waals surface area contributed by atoms with Crippen LogP contribution in [-0.2, 0) is 14.7 Å². The summed E-state index contributed by atoms with van der Waals surface area (Å²) < 4.78 is 71.5. The smallest absolute Gasteiger partial charge is 0.435 e. The Hall–Kier alpha value is -3.37. The van der Waals surface area contributed by atoms with E-state index in [1.54, 1.807) is 36.5 Å². The molecular weight excluding hydrogens is 524 g/mol. The summed E-state index contributed by atoms with van der Waals surface area (Å²) in [6, 6.07) is 12.7. The number of alkyl halides is 2. The Morgan fingerprint density at radius 2 is 1.67 bits per heavy atom. The van der Waals surface area contributed by atoms with Crippen LogP contribution in [0.5, 0.6) is 11.5 Å². The molecule has 0 bridgehead atoms. The number of nitrogens with zero attached hydrogens (tertiary/aromatic N) is 2. The second-order valence-corrected chi connectivity index (χ2v) is 12.9. The van der Waals surface area contributed by atoms with Gasteiger partial charge in [0.05, 0.1) is 4.90 Å². The molecule has 0 aliphatic carbocycles. The van der Waals surface area contributed by atoms with Crippen LogP contribution in [0.25, 0.3) is 22.2 Å². The van der Waals surface area contributed by atoms with Crippen LogP contribution in [0.3, 0.4) is 0 Å². The minimum absolute atomic E-state index is 0.100. The number of pyridine rings is 1. The third-order valence-corrected chi connectivity index (χ3v) is 9.46. The molecule has 0 amide bonds. The Morgan fingerprint density at radius 1 is 0.974 bits per heavy atom. The largest absolute Gasteiger partial charge is 0.586 e. The van der Waals surface area contributed by atoms with Gasteiger partial charge in [-0.2, -0.15) is 0 Å². The third kappa shape index (κ3) is 4.21. The molecule has 0 unspecified atom stereocenters. The van der Waals surface area contributed by atoms with Crippen molar-refractivity contribution in [1.82, 2.24) is 8.96 Å². The summed E-state index contributed by atoms with van der Waals surface area (Å²) in [4.78, 5) is 4.68. The maximum absolute atomic E-state index is 13.7. The van der Waals surface area contributed by atoms with Crippen molar-refractivity contribution in [3.05, 3.63) is 66.5 Å². The molecule has 1 radical (unpaired) electrons. The molecule has 0 spiro atoms. The first-order valence-corrected chi connectivity index (χ1v) is 13.9. The van der Waals surface area contributed by atoms with Crippen LogP contribution in [0, 0.1) is 6.92 Å². The van der Waals surface area contributed by atoms with E-state index in [1.165, 1.54) is 18.3 Å². The summed E-state index contributed by atoms with van der Waals surface area (Å²) in [7, 11) is -1.92. The van der Waals surface area contributed by atoms with Crippen LogP contribution in [0.4, 0.5) is 8.78 Å². The Bertz CT molecular complexity index is 1720. The lowest BCUT2D eigenvalue weighted by atomic mass is 9.23. The zero-order valence-corrected chi connectivity index (χ0v) is 22.8. The fourth-order valence-electron chi connectivity index (χ4n) is 4.85. The number of ether oxygens (including phenoxy) is 2. The number of hydrogen-bond donors (Lipinski definition) is 0. The van der Waals surface area contributed by atoms with Gasteiger partial charge in [-0.25, -0.2) is 17.4 Å². The molecule has 7 nitrogen and oxygen atoms in total. The van der Waals surface area contributed by atoms with Gasteiger partial charge in [-0.1, -0.05) is 43.7 Å². The van der Waals surface area contributed by atoms with Crippen LogP contribution in [0.2, 0.25) is 5.31 Å². The van der Waals surface area contributed by atoms with Gasteiger partial charge in [0, 0.05) is 28.9 Å². The lowest BCUT2D eigenvalue weighted by Gasteiger charge is -2.34. The second kappa shape index (κ2) is 8.32. The molecule has 2 aliphatic rings. The van der Waals surface area contributed by atoms with Crippen molar-refractivity contribution < 1.29 is 31.3 Å². The van der Waals surface area contributed by atoms with Crippen LogP contribution in [0.15, 0.2) is 65.8 Å². The molecule has 0 N–H and O–H groups in total. The van der Waals surface area contributed by atoms with Crippen LogP contribution in [-0.4, -0.2) is 43.2 Å². The molecular formula is C27H25B2F2N2O5S. The first-order valence-electron chi connectivity index (χ1n) is 12.4. The highest BCUT2D eigenvalue weighted by Crippen LogP contribution is 2.46. The van der Waals surface area contributed by atoms with Crippen LogP contribution >= 0.6 is 0 Å². The summed E-state index contributed by atoms with van der Waals surface area (Å²) in [5.41, 5.74) is 2.39. The first-order chi connectivity index (χ1) is 18.2. The number of halogens is 2. The lowest BCUT2D eigenvalue weighted by Crippen LogP contribution is -2.37. The van der Waals surface area contributed by atoms with Crippen LogP contribution in [0.1, 0.15) is 33.3 Å². The fourth-order valence-corrected chi connectivity index (χ4v) is 6.18. The summed E-state index contributed by atoms with van der Waals surface area (Å²) in [5, 5.41) is 0.298. The Morgan fingerprint density at radius 3 is 2.33 bits per heavy atom. The van der Waals surface area contributed by atoms with Gasteiger partial charge in [-0.15, -0.1) is 8.78 Å². The van der Waals surface area contributed by atoms with Crippen molar-refractivity contribution in [2.45, 2.75) is 56.7 Å². The van der Waals surface area contributed by atoms with E-state index in [0.717, 1.165) is 15.0 Å². The van der Waals surface area contributed by atoms with E-state index >= 15 is 0 Å². The van der Waals surface area contributed by atoms with Gasteiger partial charge in [0.2, 0.25) is 0 Å². The van der Waals surface area contributed by atoms with E-state index in [4.69, 9.17) is 4.65 Å². The molecule has 12 heteroatoms. The quantitative estimate of drug-likeness (QED) is 0.335. The molecule has 4 aromatic rings. The monoisotopic (exact) mass is 549 g/mol. The normalized spacial score (nSPS) is 18.9. The van der Waals surface area contributed by atoms with E-state index in [1.807, 2.05) is 26.8 Å². The molecule has 1 saturated heterocycles. The molecule has 39 heavy (non-hydrogen) atoms. The van der Waals surface area contributed by atoms with Gasteiger partial charge >= 0.3 is 6.29 Å². The summed E-state index contributed by atoms with van der Waals surface area (Å²) in [6.07, 6.45) is -0.695. The highest BCUT2D eigenvalue weighted by atomic mass is 32.2. The van der Waals surface area contributed by atoms with Gasteiger partial charge in [0.25, 0.3) is 16.8 Å². The first kappa shape index (κ1) is 25.9. The number of aryl methyl sites for hydroxylation is 1. The highest BCUT2D eigenvalue weighted by molar-refractivity contribution is 7.90. The standard InChI is InChI=1S/C27H25B2F2N2O5S/c1-16-6-9-19(10-7-16)39(34,35)33-15-21(17-8-11-22-23(12-17)37-27(30,31)36-22)20-13-18(14-32-24(20)33)29-28-25(2,3)26(4,5)38-29/h6-15H,1-5H3. The van der Waals surface area contributed by atoms with E-state index in [0.29, 0.717) is 16.5 Å². The Kier molecular flexibility index (Phi) is 5.52. The highest BCUT2D eigenvalue weighted by Gasteiger charge is 2.50. The number of rotatable bonds is 4. The van der Waals surface area contributed by atoms with Crippen molar-refractivity contribution in [1.29, 1.82) is 0 Å². The minimum Gasteiger partial charge on any atom is -0.435 e. The lowest BCUT2D eigenvalue weighted by molar-refractivity contribution is -0.286. The van der Waals surface area contributed by atoms with E-state index in [2.05, 4.69) is 35.5 Å². The topological polar surface area (TPSA) is 79.7 Å². The summed E-state index contributed by atoms with van der Waals surface area (Å²) in [6.45, 7) is 9.74. The maximum Gasteiger partial charge on any atom is 0.586 e. The second-order valence-electron chi connectivity index (χ2n) is 11.1. The van der Waals surface area contributed by atoms with E-state index < -0.39 is 21.9 Å². The molecule has 199 valence electrons. The van der Waals surface area contributed by atoms with Crippen molar-refractivity contribution in [2.75, 3.05) is 0 Å². The van der Waals surface area contributed by atoms with Crippen molar-refractivity contribution in [3.8, 4) is 22.6 Å². The predicted molar refractivity (Wildman–Crippen MR) is 145 cm³/mol. The summed E-state index contributed by atoms with van der Waals surface area (Å²) in [5.74, 6) is -0.239. The molecule has 0 saturated carbocycles. The van der Waals surface area contributed by atoms with E-state index in [9.17, 15) is 17.2 Å². The SMILES string of the molecule is Cc1ccc(S(=O)(=O)n2cc(-c3ccc4c(c3)OC(F)(F)O4)c3cc(B4[B]C(C)(C)C(C)(C)O4)cnc32)cc1. The minimum atomic E-state index is -4.03. The number of fused-ring (bicyclic) bond motifs is 2. The van der Waals surface area contributed by atoms with Crippen molar-refractivity contribution in [2.24, 2.45) is 0 Å². The van der Waals surface area contributed by atoms with Gasteiger partial charge in [0.15, 0.2) is 17.1 Å². The van der Waals surface area contributed by atoms with Gasteiger partial charge in [-0.05, 0) is 61.4 Å². The maximum atomic E-state index is 13.7. The van der Waals surface area contributed by atoms with E-state index in [-0.39, 0.29) is 34.2 Å². The molecule has 2 aromatic carbocycles. The van der Waals surface area contributed by atoms with Gasteiger partial charge < -0.3 is 14.1 Å². The average molecular weight is 549 g/mol. The van der Waals surface area contributed by atoms with Crippen molar-refractivity contribution in [3.63, 3.8) is 0 Å². The van der Waals surface area contributed by atoms with Crippen LogP contribution < -0.4 is 14.9 Å². The molecule has 2 aromatic heterocycles. The predicted octanol–water partition coefficient (Wildman–Crippen LogP) is 4.98. The molecule has 2 aliphatic heterocycles. The molecule has 4 heterocycles. The Balaban J connectivity index is 1.53. The average Bonchev–Trinajstić information content (AvgIpc) is 3.45. The van der Waals surface area contributed by atoms with Gasteiger partial charge in [-0.3, -0.25) is 0 Å². The zero-order chi connectivity index (χ0) is 28.0. The third-order valence-electron chi connectivity index (χ3n) is 7.79. The molecule has 6 rings (SSSR count). The molecule has 0 atom stereocenters. The fraction of sp³-hybridized carbons (Fsp3) is 0.296. The zero-order valence-electron chi connectivity index (χ0n) is 22.0. The summed E-state index contributed by atoms with van der Waals surface area (Å²) >= 11 is 0. The Labute approximate surface area is 226 Å². The number of benzene rings is 2. The molecule has 1 fully saturated rings. The van der Waals surface area contributed by atoms with Crippen molar-refractivity contribution >= 4 is 40.5 Å². The van der Waals surface area contributed by atoms with Gasteiger partial charge in [0.1, 0.15) is 7.17 Å². The number of aromatic nitrogens is 2.